The van der Waals surface area contributed by atoms with Crippen LogP contribution in [-0.2, 0) is 14.8 Å². The van der Waals surface area contributed by atoms with Gasteiger partial charge in [-0.15, -0.1) is 0 Å². The first-order valence-electron chi connectivity index (χ1n) is 7.94. The Hall–Kier alpha value is -2.38. The summed E-state index contributed by atoms with van der Waals surface area (Å²) in [7, 11) is -3.67. The molecule has 1 amide bonds. The predicted molar refractivity (Wildman–Crippen MR) is 97.1 cm³/mol. The molecule has 2 rings (SSSR count). The summed E-state index contributed by atoms with van der Waals surface area (Å²) in [6.07, 6.45) is 0. The van der Waals surface area contributed by atoms with Crippen LogP contribution in [0.25, 0.3) is 0 Å². The largest absolute Gasteiger partial charge is 0.494 e. The molecule has 0 spiro atoms. The Morgan fingerprint density at radius 3 is 2.20 bits per heavy atom. The van der Waals surface area contributed by atoms with Crippen molar-refractivity contribution in [2.75, 3.05) is 11.9 Å². The van der Waals surface area contributed by atoms with E-state index in [0.29, 0.717) is 12.3 Å². The van der Waals surface area contributed by atoms with Crippen LogP contribution in [0.3, 0.4) is 0 Å². The number of sulfonamides is 1. The number of carbonyl (C=O) groups excluding carboxylic acids is 1. The molecule has 0 unspecified atom stereocenters. The minimum absolute atomic E-state index is 0.138. The van der Waals surface area contributed by atoms with Gasteiger partial charge in [-0.05, 0) is 55.8 Å². The molecule has 0 bridgehead atoms. The first-order valence-corrected chi connectivity index (χ1v) is 9.43. The van der Waals surface area contributed by atoms with E-state index in [9.17, 15) is 13.2 Å². The van der Waals surface area contributed by atoms with Crippen LogP contribution in [0.15, 0.2) is 53.4 Å². The highest BCUT2D eigenvalue weighted by Gasteiger charge is 2.18. The second kappa shape index (κ2) is 8.13. The summed E-state index contributed by atoms with van der Waals surface area (Å²) in [4.78, 5) is 11.2. The van der Waals surface area contributed by atoms with Crippen molar-refractivity contribution in [3.05, 3.63) is 54.1 Å². The van der Waals surface area contributed by atoms with Gasteiger partial charge in [-0.2, -0.15) is 0 Å². The fourth-order valence-corrected chi connectivity index (χ4v) is 3.54. The molecule has 0 saturated heterocycles. The zero-order valence-electron chi connectivity index (χ0n) is 14.4. The van der Waals surface area contributed by atoms with Crippen molar-refractivity contribution in [2.45, 2.75) is 31.7 Å². The molecule has 2 aromatic carbocycles. The average Bonchev–Trinajstić information content (AvgIpc) is 2.55. The van der Waals surface area contributed by atoms with Crippen molar-refractivity contribution in [3.63, 3.8) is 0 Å². The number of hydrogen-bond acceptors (Lipinski definition) is 4. The van der Waals surface area contributed by atoms with E-state index in [-0.39, 0.29) is 10.8 Å². The summed E-state index contributed by atoms with van der Waals surface area (Å²) in [6.45, 7) is 5.65. The molecular formula is C18H22N2O4S. The molecule has 0 fully saturated rings. The van der Waals surface area contributed by atoms with Gasteiger partial charge in [-0.25, -0.2) is 13.1 Å². The lowest BCUT2D eigenvalue weighted by Gasteiger charge is -2.15. The quantitative estimate of drug-likeness (QED) is 0.793. The summed E-state index contributed by atoms with van der Waals surface area (Å²) >= 11 is 0. The van der Waals surface area contributed by atoms with Gasteiger partial charge in [0, 0.05) is 18.7 Å². The van der Waals surface area contributed by atoms with Crippen LogP contribution < -0.4 is 14.8 Å². The third-order valence-electron chi connectivity index (χ3n) is 3.51. The Morgan fingerprint density at radius 2 is 1.68 bits per heavy atom. The standard InChI is InChI=1S/C18H22N2O4S/c1-4-24-17-9-5-15(6-10-17)13(2)20-25(22,23)18-11-7-16(8-12-18)19-14(3)21/h5-13,20H,4H2,1-3H3,(H,19,21)/t13-/m0/s1. The van der Waals surface area contributed by atoms with E-state index >= 15 is 0 Å². The Balaban J connectivity index is 2.10. The number of rotatable bonds is 7. The molecule has 134 valence electrons. The monoisotopic (exact) mass is 362 g/mol. The van der Waals surface area contributed by atoms with Crippen molar-refractivity contribution in [1.82, 2.24) is 4.72 Å². The molecule has 25 heavy (non-hydrogen) atoms. The van der Waals surface area contributed by atoms with Crippen LogP contribution >= 0.6 is 0 Å². The van der Waals surface area contributed by atoms with Gasteiger partial charge in [-0.1, -0.05) is 12.1 Å². The van der Waals surface area contributed by atoms with Crippen LogP contribution in [0, 0.1) is 0 Å². The maximum atomic E-state index is 12.5. The molecule has 0 saturated carbocycles. The third-order valence-corrected chi connectivity index (χ3v) is 5.06. The van der Waals surface area contributed by atoms with Gasteiger partial charge in [0.2, 0.25) is 15.9 Å². The molecule has 2 N–H and O–H groups in total. The van der Waals surface area contributed by atoms with E-state index in [4.69, 9.17) is 4.74 Å². The Labute approximate surface area is 148 Å². The summed E-state index contributed by atoms with van der Waals surface area (Å²) in [5, 5.41) is 2.60. The maximum absolute atomic E-state index is 12.5. The topological polar surface area (TPSA) is 84.5 Å². The van der Waals surface area contributed by atoms with E-state index in [1.165, 1.54) is 19.1 Å². The minimum atomic E-state index is -3.67. The number of anilines is 1. The van der Waals surface area contributed by atoms with Crippen molar-refractivity contribution >= 4 is 21.6 Å². The first-order chi connectivity index (χ1) is 11.8. The number of benzene rings is 2. The molecular weight excluding hydrogens is 340 g/mol. The number of amides is 1. The van der Waals surface area contributed by atoms with Gasteiger partial charge < -0.3 is 10.1 Å². The van der Waals surface area contributed by atoms with Gasteiger partial charge in [0.1, 0.15) is 5.75 Å². The number of hydrogen-bond donors (Lipinski definition) is 2. The van der Waals surface area contributed by atoms with E-state index in [0.717, 1.165) is 11.3 Å². The average molecular weight is 362 g/mol. The summed E-state index contributed by atoms with van der Waals surface area (Å²) < 4.78 is 33.0. The van der Waals surface area contributed by atoms with E-state index < -0.39 is 16.1 Å². The molecule has 0 radical (unpaired) electrons. The van der Waals surface area contributed by atoms with Gasteiger partial charge in [-0.3, -0.25) is 4.79 Å². The third kappa shape index (κ3) is 5.30. The Morgan fingerprint density at radius 1 is 1.08 bits per heavy atom. The van der Waals surface area contributed by atoms with Crippen molar-refractivity contribution < 1.29 is 17.9 Å². The van der Waals surface area contributed by atoms with Crippen molar-refractivity contribution in [2.24, 2.45) is 0 Å². The van der Waals surface area contributed by atoms with Crippen molar-refractivity contribution in [3.8, 4) is 5.75 Å². The minimum Gasteiger partial charge on any atom is -0.494 e. The molecule has 1 atom stereocenters. The number of nitrogens with one attached hydrogen (secondary N) is 2. The summed E-state index contributed by atoms with van der Waals surface area (Å²) in [5.41, 5.74) is 1.38. The van der Waals surface area contributed by atoms with Crippen LogP contribution in [0.1, 0.15) is 32.4 Å². The lowest BCUT2D eigenvalue weighted by atomic mass is 10.1. The van der Waals surface area contributed by atoms with Gasteiger partial charge in [0.15, 0.2) is 0 Å². The highest BCUT2D eigenvalue weighted by atomic mass is 32.2. The normalized spacial score (nSPS) is 12.4. The Bertz CT molecular complexity index is 815. The number of ether oxygens (including phenoxy) is 1. The van der Waals surface area contributed by atoms with Crippen molar-refractivity contribution in [1.29, 1.82) is 0 Å². The smallest absolute Gasteiger partial charge is 0.241 e. The molecule has 6 nitrogen and oxygen atoms in total. The van der Waals surface area contributed by atoms with Gasteiger partial charge >= 0.3 is 0 Å². The van der Waals surface area contributed by atoms with Gasteiger partial charge in [0.25, 0.3) is 0 Å². The maximum Gasteiger partial charge on any atom is 0.241 e. The van der Waals surface area contributed by atoms with Crippen LogP contribution in [0.2, 0.25) is 0 Å². The lowest BCUT2D eigenvalue weighted by molar-refractivity contribution is -0.114. The fourth-order valence-electron chi connectivity index (χ4n) is 2.31. The molecule has 0 aliphatic carbocycles. The highest BCUT2D eigenvalue weighted by molar-refractivity contribution is 7.89. The van der Waals surface area contributed by atoms with Crippen LogP contribution in [-0.4, -0.2) is 20.9 Å². The number of carbonyl (C=O) groups is 1. The predicted octanol–water partition coefficient (Wildman–Crippen LogP) is 3.08. The highest BCUT2D eigenvalue weighted by Crippen LogP contribution is 2.21. The van der Waals surface area contributed by atoms with Crippen LogP contribution in [0.5, 0.6) is 5.75 Å². The molecule has 0 aliphatic heterocycles. The Kier molecular flexibility index (Phi) is 6.17. The first kappa shape index (κ1) is 19.0. The van der Waals surface area contributed by atoms with E-state index in [2.05, 4.69) is 10.0 Å². The van der Waals surface area contributed by atoms with E-state index in [1.807, 2.05) is 31.2 Å². The fraction of sp³-hybridized carbons (Fsp3) is 0.278. The molecule has 0 heterocycles. The summed E-state index contributed by atoms with van der Waals surface area (Å²) in [6, 6.07) is 12.9. The molecule has 0 aliphatic rings. The molecule has 2 aromatic rings. The lowest BCUT2D eigenvalue weighted by Crippen LogP contribution is -2.26. The molecule has 7 heteroatoms. The van der Waals surface area contributed by atoms with E-state index in [1.54, 1.807) is 19.1 Å². The van der Waals surface area contributed by atoms with Crippen LogP contribution in [0.4, 0.5) is 5.69 Å². The zero-order chi connectivity index (χ0) is 18.4. The second-order valence-electron chi connectivity index (χ2n) is 5.55. The SMILES string of the molecule is CCOc1ccc([C@H](C)NS(=O)(=O)c2ccc(NC(C)=O)cc2)cc1. The molecule has 0 aromatic heterocycles. The summed E-state index contributed by atoms with van der Waals surface area (Å²) in [5.74, 6) is 0.535. The zero-order valence-corrected chi connectivity index (χ0v) is 15.3. The second-order valence-corrected chi connectivity index (χ2v) is 7.26. The van der Waals surface area contributed by atoms with Gasteiger partial charge in [0.05, 0.1) is 11.5 Å².